The summed E-state index contributed by atoms with van der Waals surface area (Å²) in [6.07, 6.45) is 0. The van der Waals surface area contributed by atoms with E-state index in [-0.39, 0.29) is 0 Å². The van der Waals surface area contributed by atoms with Crippen molar-refractivity contribution in [2.45, 2.75) is 27.7 Å². The van der Waals surface area contributed by atoms with Crippen LogP contribution in [0.1, 0.15) is 36.1 Å². The molecule has 5 heteroatoms. The van der Waals surface area contributed by atoms with Crippen LogP contribution in [0.25, 0.3) is 0 Å². The van der Waals surface area contributed by atoms with Crippen LogP contribution in [0.4, 0.5) is 4.79 Å². The first-order valence-electron chi connectivity index (χ1n) is 7.74. The molecule has 0 unspecified atom stereocenters. The molecule has 124 valence electrons. The number of nitrogens with zero attached hydrogens (tertiary/aromatic N) is 2. The second kappa shape index (κ2) is 8.06. The van der Waals surface area contributed by atoms with Crippen LogP contribution < -0.4 is 10.9 Å². The summed E-state index contributed by atoms with van der Waals surface area (Å²) < 4.78 is 0. The molecule has 0 fully saturated rings. The molecule has 0 atom stereocenters. The molecule has 5 nitrogen and oxygen atoms in total. The first kappa shape index (κ1) is 17.4. The molecule has 0 bridgehead atoms. The number of urea groups is 1. The fourth-order valence-corrected chi connectivity index (χ4v) is 2.01. The smallest absolute Gasteiger partial charge is 0.245 e. The summed E-state index contributed by atoms with van der Waals surface area (Å²) in [6, 6.07) is 15.4. The number of rotatable bonds is 4. The zero-order valence-electron chi connectivity index (χ0n) is 14.4. The molecular weight excluding hydrogens is 300 g/mol. The van der Waals surface area contributed by atoms with Gasteiger partial charge in [-0.25, -0.2) is 15.6 Å². The second-order valence-corrected chi connectivity index (χ2v) is 5.68. The fourth-order valence-electron chi connectivity index (χ4n) is 2.01. The Morgan fingerprint density at radius 1 is 0.708 bits per heavy atom. The zero-order valence-corrected chi connectivity index (χ0v) is 14.4. The largest absolute Gasteiger partial charge is 0.355 e. The monoisotopic (exact) mass is 322 g/mol. The van der Waals surface area contributed by atoms with E-state index >= 15 is 0 Å². The quantitative estimate of drug-likeness (QED) is 0.653. The van der Waals surface area contributed by atoms with Crippen LogP contribution >= 0.6 is 0 Å². The summed E-state index contributed by atoms with van der Waals surface area (Å²) in [7, 11) is 0. The molecule has 2 N–H and O–H groups in total. The van der Waals surface area contributed by atoms with Crippen LogP contribution in [0.5, 0.6) is 0 Å². The second-order valence-electron chi connectivity index (χ2n) is 5.68. The minimum absolute atomic E-state index is 0.479. The number of carbonyl (C=O) groups excluding carboxylic acids is 1. The molecule has 0 aliphatic carbocycles. The molecule has 0 saturated heterocycles. The minimum atomic E-state index is -0.479. The van der Waals surface area contributed by atoms with Crippen molar-refractivity contribution in [2.75, 3.05) is 0 Å². The zero-order chi connectivity index (χ0) is 17.5. The first-order valence-corrected chi connectivity index (χ1v) is 7.74. The van der Waals surface area contributed by atoms with Crippen LogP contribution in [0, 0.1) is 13.8 Å². The van der Waals surface area contributed by atoms with E-state index in [0.717, 1.165) is 22.6 Å². The summed E-state index contributed by atoms with van der Waals surface area (Å²) >= 11 is 0. The van der Waals surface area contributed by atoms with E-state index < -0.39 is 6.03 Å². The van der Waals surface area contributed by atoms with Crippen molar-refractivity contribution in [3.05, 3.63) is 70.8 Å². The van der Waals surface area contributed by atoms with Crippen LogP contribution in [-0.4, -0.2) is 17.5 Å². The lowest BCUT2D eigenvalue weighted by atomic mass is 10.1. The number of amides is 2. The summed E-state index contributed by atoms with van der Waals surface area (Å²) in [4.78, 5) is 11.8. The maximum atomic E-state index is 11.8. The van der Waals surface area contributed by atoms with Gasteiger partial charge in [-0.3, -0.25) is 0 Å². The molecule has 0 heterocycles. The average molecular weight is 322 g/mol. The van der Waals surface area contributed by atoms with E-state index in [9.17, 15) is 4.79 Å². The molecule has 24 heavy (non-hydrogen) atoms. The Morgan fingerprint density at radius 3 is 1.38 bits per heavy atom. The van der Waals surface area contributed by atoms with E-state index in [4.69, 9.17) is 0 Å². The Kier molecular flexibility index (Phi) is 5.84. The minimum Gasteiger partial charge on any atom is -0.245 e. The summed E-state index contributed by atoms with van der Waals surface area (Å²) in [5.41, 5.74) is 10.6. The molecule has 2 aromatic carbocycles. The SMILES string of the molecule is CC(=NNC(=O)NN=C(C)c1ccc(C)cc1)c1ccc(C)cc1. The van der Waals surface area contributed by atoms with Crippen LogP contribution in [0.2, 0.25) is 0 Å². The molecule has 0 spiro atoms. The third-order valence-electron chi connectivity index (χ3n) is 3.59. The number of carbonyl (C=O) groups is 1. The Bertz CT molecular complexity index is 693. The molecule has 0 aromatic heterocycles. The van der Waals surface area contributed by atoms with E-state index in [2.05, 4.69) is 21.1 Å². The van der Waals surface area contributed by atoms with Crippen molar-refractivity contribution in [2.24, 2.45) is 10.2 Å². The van der Waals surface area contributed by atoms with E-state index in [1.54, 1.807) is 0 Å². The van der Waals surface area contributed by atoms with Crippen LogP contribution in [0.15, 0.2) is 58.7 Å². The van der Waals surface area contributed by atoms with Gasteiger partial charge in [0.2, 0.25) is 0 Å². The van der Waals surface area contributed by atoms with Crippen molar-refractivity contribution in [3.63, 3.8) is 0 Å². The highest BCUT2D eigenvalue weighted by molar-refractivity contribution is 6.00. The first-order chi connectivity index (χ1) is 11.5. The third kappa shape index (κ3) is 5.05. The van der Waals surface area contributed by atoms with Gasteiger partial charge in [0, 0.05) is 0 Å². The molecule has 0 saturated carbocycles. The van der Waals surface area contributed by atoms with E-state index in [1.807, 2.05) is 76.2 Å². The van der Waals surface area contributed by atoms with Crippen molar-refractivity contribution >= 4 is 17.5 Å². The molecule has 0 aliphatic rings. The molecular formula is C19H22N4O. The number of benzene rings is 2. The van der Waals surface area contributed by atoms with Gasteiger partial charge in [-0.2, -0.15) is 10.2 Å². The third-order valence-corrected chi connectivity index (χ3v) is 3.59. The van der Waals surface area contributed by atoms with Gasteiger partial charge in [-0.05, 0) is 38.8 Å². The Labute approximate surface area is 142 Å². The Balaban J connectivity index is 1.92. The topological polar surface area (TPSA) is 65.8 Å². The lowest BCUT2D eigenvalue weighted by Gasteiger charge is -2.04. The maximum absolute atomic E-state index is 11.8. The summed E-state index contributed by atoms with van der Waals surface area (Å²) in [5.74, 6) is 0. The Morgan fingerprint density at radius 2 is 1.04 bits per heavy atom. The number of nitrogens with one attached hydrogen (secondary N) is 2. The highest BCUT2D eigenvalue weighted by Crippen LogP contribution is 2.05. The standard InChI is InChI=1S/C19H22N4O/c1-13-5-9-17(10-6-13)15(3)20-22-19(24)23-21-16(4)18-11-7-14(2)8-12-18/h5-12H,1-4H3,(H2,22,23,24). The van der Waals surface area contributed by atoms with Gasteiger partial charge in [0.1, 0.15) is 0 Å². The van der Waals surface area contributed by atoms with Gasteiger partial charge in [0.05, 0.1) is 11.4 Å². The number of hydrazone groups is 2. The van der Waals surface area contributed by atoms with Gasteiger partial charge >= 0.3 is 6.03 Å². The normalized spacial score (nSPS) is 12.0. The van der Waals surface area contributed by atoms with Crippen molar-refractivity contribution in [1.82, 2.24) is 10.9 Å². The van der Waals surface area contributed by atoms with Crippen LogP contribution in [0.3, 0.4) is 0 Å². The van der Waals surface area contributed by atoms with Gasteiger partial charge < -0.3 is 0 Å². The van der Waals surface area contributed by atoms with Gasteiger partial charge in [-0.15, -0.1) is 0 Å². The molecule has 2 rings (SSSR count). The maximum Gasteiger partial charge on any atom is 0.355 e. The van der Waals surface area contributed by atoms with Crippen LogP contribution in [-0.2, 0) is 0 Å². The average Bonchev–Trinajstić information content (AvgIpc) is 2.58. The fraction of sp³-hybridized carbons (Fsp3) is 0.211. The highest BCUT2D eigenvalue weighted by atomic mass is 16.2. The Hall–Kier alpha value is -2.95. The van der Waals surface area contributed by atoms with Crippen molar-refractivity contribution in [1.29, 1.82) is 0 Å². The van der Waals surface area contributed by atoms with E-state index in [0.29, 0.717) is 0 Å². The molecule has 0 radical (unpaired) electrons. The van der Waals surface area contributed by atoms with Gasteiger partial charge in [-0.1, -0.05) is 59.7 Å². The van der Waals surface area contributed by atoms with Crippen molar-refractivity contribution < 1.29 is 4.79 Å². The molecule has 2 amide bonds. The summed E-state index contributed by atoms with van der Waals surface area (Å²) in [6.45, 7) is 7.73. The van der Waals surface area contributed by atoms with Gasteiger partial charge in [0.15, 0.2) is 0 Å². The lowest BCUT2D eigenvalue weighted by molar-refractivity contribution is 0.242. The lowest BCUT2D eigenvalue weighted by Crippen LogP contribution is -2.30. The summed E-state index contributed by atoms with van der Waals surface area (Å²) in [5, 5.41) is 8.14. The molecule has 2 aromatic rings. The predicted molar refractivity (Wildman–Crippen MR) is 98.4 cm³/mol. The van der Waals surface area contributed by atoms with E-state index in [1.165, 1.54) is 11.1 Å². The number of hydrogen-bond acceptors (Lipinski definition) is 3. The number of aryl methyl sites for hydroxylation is 2. The predicted octanol–water partition coefficient (Wildman–Crippen LogP) is 3.75. The van der Waals surface area contributed by atoms with Gasteiger partial charge in [0.25, 0.3) is 0 Å². The highest BCUT2D eigenvalue weighted by Gasteiger charge is 2.01. The number of hydrogen-bond donors (Lipinski definition) is 2. The molecule has 0 aliphatic heterocycles. The van der Waals surface area contributed by atoms with Crippen molar-refractivity contribution in [3.8, 4) is 0 Å².